The summed E-state index contributed by atoms with van der Waals surface area (Å²) in [5, 5.41) is 2.96. The number of carbonyl (C=O) groups is 1. The third-order valence-electron chi connectivity index (χ3n) is 2.87. The van der Waals surface area contributed by atoms with Gasteiger partial charge in [-0.2, -0.15) is 0 Å². The fraction of sp³-hybridized carbons (Fsp3) is 0.500. The van der Waals surface area contributed by atoms with Gasteiger partial charge in [-0.1, -0.05) is 0 Å². The molecule has 2 heterocycles. The molecule has 1 aliphatic rings. The van der Waals surface area contributed by atoms with Crippen LogP contribution in [0.25, 0.3) is 0 Å². The second kappa shape index (κ2) is 4.71. The number of anilines is 1. The first-order chi connectivity index (χ1) is 8.09. The molecule has 0 radical (unpaired) electrons. The summed E-state index contributed by atoms with van der Waals surface area (Å²) in [5.74, 6) is -0.203. The minimum Gasteiger partial charge on any atom is -0.399 e. The zero-order valence-corrected chi connectivity index (χ0v) is 9.90. The van der Waals surface area contributed by atoms with Crippen molar-refractivity contribution in [2.24, 2.45) is 0 Å². The van der Waals surface area contributed by atoms with E-state index >= 15 is 0 Å². The van der Waals surface area contributed by atoms with Gasteiger partial charge in [-0.25, -0.2) is 0 Å². The van der Waals surface area contributed by atoms with Gasteiger partial charge in [0.2, 0.25) is 0 Å². The number of nitrogen functional groups attached to an aromatic ring is 1. The predicted molar refractivity (Wildman–Crippen MR) is 64.6 cm³/mol. The highest BCUT2D eigenvalue weighted by molar-refractivity contribution is 5.93. The molecule has 1 fully saturated rings. The lowest BCUT2D eigenvalue weighted by Gasteiger charge is -2.34. The van der Waals surface area contributed by atoms with E-state index < -0.39 is 0 Å². The van der Waals surface area contributed by atoms with Gasteiger partial charge >= 0.3 is 0 Å². The Morgan fingerprint density at radius 1 is 1.65 bits per heavy atom. The SMILES string of the molecule is CC1(NC(=O)c2cc(N)ccn2)CCCOC1. The van der Waals surface area contributed by atoms with E-state index in [1.807, 2.05) is 6.92 Å². The monoisotopic (exact) mass is 235 g/mol. The Kier molecular flexibility index (Phi) is 3.28. The number of nitrogens with two attached hydrogens (primary N) is 1. The first-order valence-electron chi connectivity index (χ1n) is 5.71. The Morgan fingerprint density at radius 3 is 3.12 bits per heavy atom. The number of aromatic nitrogens is 1. The van der Waals surface area contributed by atoms with Crippen LogP contribution in [0.1, 0.15) is 30.3 Å². The number of hydrogen-bond acceptors (Lipinski definition) is 4. The van der Waals surface area contributed by atoms with Crippen molar-refractivity contribution in [2.45, 2.75) is 25.3 Å². The van der Waals surface area contributed by atoms with Crippen molar-refractivity contribution in [2.75, 3.05) is 18.9 Å². The summed E-state index contributed by atoms with van der Waals surface area (Å²) in [7, 11) is 0. The topological polar surface area (TPSA) is 77.2 Å². The van der Waals surface area contributed by atoms with E-state index in [0.29, 0.717) is 18.0 Å². The molecule has 1 aromatic rings. The molecule has 1 amide bonds. The molecule has 1 aromatic heterocycles. The van der Waals surface area contributed by atoms with Crippen LogP contribution in [0.2, 0.25) is 0 Å². The van der Waals surface area contributed by atoms with Crippen LogP contribution in [0, 0.1) is 0 Å². The van der Waals surface area contributed by atoms with E-state index in [0.717, 1.165) is 19.4 Å². The molecule has 1 aliphatic heterocycles. The maximum atomic E-state index is 12.0. The van der Waals surface area contributed by atoms with Gasteiger partial charge in [0.05, 0.1) is 12.1 Å². The first-order valence-corrected chi connectivity index (χ1v) is 5.71. The number of rotatable bonds is 2. The third kappa shape index (κ3) is 2.94. The van der Waals surface area contributed by atoms with Gasteiger partial charge in [-0.05, 0) is 31.9 Å². The van der Waals surface area contributed by atoms with E-state index in [-0.39, 0.29) is 11.4 Å². The van der Waals surface area contributed by atoms with Gasteiger partial charge in [0.1, 0.15) is 5.69 Å². The van der Waals surface area contributed by atoms with Crippen LogP contribution in [-0.4, -0.2) is 29.6 Å². The molecule has 0 bridgehead atoms. The number of nitrogens with zero attached hydrogens (tertiary/aromatic N) is 1. The number of carbonyl (C=O) groups excluding carboxylic acids is 1. The van der Waals surface area contributed by atoms with Crippen LogP contribution < -0.4 is 11.1 Å². The normalized spacial score (nSPS) is 24.3. The molecular formula is C12H17N3O2. The van der Waals surface area contributed by atoms with Crippen LogP contribution in [0.15, 0.2) is 18.3 Å². The van der Waals surface area contributed by atoms with Crippen LogP contribution in [0.4, 0.5) is 5.69 Å². The average molecular weight is 235 g/mol. The molecule has 17 heavy (non-hydrogen) atoms. The number of amides is 1. The van der Waals surface area contributed by atoms with E-state index in [1.54, 1.807) is 12.1 Å². The molecule has 0 spiro atoms. The summed E-state index contributed by atoms with van der Waals surface area (Å²) in [6.07, 6.45) is 3.41. The molecule has 0 saturated carbocycles. The second-order valence-electron chi connectivity index (χ2n) is 4.65. The number of pyridine rings is 1. The van der Waals surface area contributed by atoms with Crippen molar-refractivity contribution in [3.63, 3.8) is 0 Å². The molecule has 3 N–H and O–H groups in total. The van der Waals surface area contributed by atoms with Crippen LogP contribution in [0.3, 0.4) is 0 Å². The minimum absolute atomic E-state index is 0.203. The molecular weight excluding hydrogens is 218 g/mol. The lowest BCUT2D eigenvalue weighted by atomic mass is 9.95. The number of ether oxygens (including phenoxy) is 1. The van der Waals surface area contributed by atoms with Crippen molar-refractivity contribution >= 4 is 11.6 Å². The smallest absolute Gasteiger partial charge is 0.270 e. The summed E-state index contributed by atoms with van der Waals surface area (Å²) < 4.78 is 5.39. The zero-order valence-electron chi connectivity index (χ0n) is 9.90. The Morgan fingerprint density at radius 2 is 2.47 bits per heavy atom. The van der Waals surface area contributed by atoms with Crippen molar-refractivity contribution in [1.82, 2.24) is 10.3 Å². The number of hydrogen-bond donors (Lipinski definition) is 2. The first kappa shape index (κ1) is 11.9. The fourth-order valence-corrected chi connectivity index (χ4v) is 1.94. The Hall–Kier alpha value is -1.62. The molecule has 1 unspecified atom stereocenters. The van der Waals surface area contributed by atoms with Crippen LogP contribution in [-0.2, 0) is 4.74 Å². The molecule has 5 heteroatoms. The highest BCUT2D eigenvalue weighted by atomic mass is 16.5. The lowest BCUT2D eigenvalue weighted by molar-refractivity contribution is 0.0271. The maximum Gasteiger partial charge on any atom is 0.270 e. The highest BCUT2D eigenvalue weighted by Gasteiger charge is 2.29. The predicted octanol–water partition coefficient (Wildman–Crippen LogP) is 0.963. The van der Waals surface area contributed by atoms with E-state index in [1.165, 1.54) is 6.20 Å². The van der Waals surface area contributed by atoms with Gasteiger partial charge in [-0.15, -0.1) is 0 Å². The number of nitrogens with one attached hydrogen (secondary N) is 1. The van der Waals surface area contributed by atoms with Crippen molar-refractivity contribution < 1.29 is 9.53 Å². The van der Waals surface area contributed by atoms with Crippen molar-refractivity contribution in [1.29, 1.82) is 0 Å². The molecule has 0 aromatic carbocycles. The van der Waals surface area contributed by atoms with Gasteiger partial charge < -0.3 is 15.8 Å². The summed E-state index contributed by atoms with van der Waals surface area (Å²) in [6.45, 7) is 3.29. The Balaban J connectivity index is 2.06. The standard InChI is InChI=1S/C12H17N3O2/c1-12(4-2-6-17-8-12)15-11(16)10-7-9(13)3-5-14-10/h3,5,7H,2,4,6,8H2,1H3,(H2,13,14)(H,15,16). The summed E-state index contributed by atoms with van der Waals surface area (Å²) >= 11 is 0. The lowest BCUT2D eigenvalue weighted by Crippen LogP contribution is -2.51. The van der Waals surface area contributed by atoms with Crippen LogP contribution in [0.5, 0.6) is 0 Å². The Bertz CT molecular complexity index is 414. The van der Waals surface area contributed by atoms with E-state index in [9.17, 15) is 4.79 Å². The zero-order chi connectivity index (χ0) is 12.3. The molecule has 92 valence electrons. The van der Waals surface area contributed by atoms with Gasteiger partial charge in [0.25, 0.3) is 5.91 Å². The molecule has 1 atom stereocenters. The van der Waals surface area contributed by atoms with Crippen LogP contribution >= 0.6 is 0 Å². The van der Waals surface area contributed by atoms with Crippen molar-refractivity contribution in [3.05, 3.63) is 24.0 Å². The molecule has 5 nitrogen and oxygen atoms in total. The van der Waals surface area contributed by atoms with Gasteiger partial charge in [0.15, 0.2) is 0 Å². The Labute approximate surface area is 100 Å². The quantitative estimate of drug-likeness (QED) is 0.800. The summed E-state index contributed by atoms with van der Waals surface area (Å²) in [6, 6.07) is 3.23. The van der Waals surface area contributed by atoms with Gasteiger partial charge in [0, 0.05) is 18.5 Å². The highest BCUT2D eigenvalue weighted by Crippen LogP contribution is 2.18. The summed E-state index contributed by atoms with van der Waals surface area (Å²) in [5.41, 5.74) is 6.20. The van der Waals surface area contributed by atoms with Crippen molar-refractivity contribution in [3.8, 4) is 0 Å². The maximum absolute atomic E-state index is 12.0. The molecule has 2 rings (SSSR count). The average Bonchev–Trinajstić information content (AvgIpc) is 2.29. The summed E-state index contributed by atoms with van der Waals surface area (Å²) in [4.78, 5) is 16.0. The molecule has 0 aliphatic carbocycles. The fourth-order valence-electron chi connectivity index (χ4n) is 1.94. The minimum atomic E-state index is -0.304. The largest absolute Gasteiger partial charge is 0.399 e. The van der Waals surface area contributed by atoms with E-state index in [2.05, 4.69) is 10.3 Å². The third-order valence-corrected chi connectivity index (χ3v) is 2.87. The van der Waals surface area contributed by atoms with E-state index in [4.69, 9.17) is 10.5 Å². The second-order valence-corrected chi connectivity index (χ2v) is 4.65. The van der Waals surface area contributed by atoms with Gasteiger partial charge in [-0.3, -0.25) is 9.78 Å². The molecule has 1 saturated heterocycles.